The first kappa shape index (κ1) is 17.6. The van der Waals surface area contributed by atoms with Gasteiger partial charge in [0.25, 0.3) is 0 Å². The Morgan fingerprint density at radius 3 is 1.86 bits per heavy atom. The van der Waals surface area contributed by atoms with E-state index in [1.165, 1.54) is 22.3 Å². The van der Waals surface area contributed by atoms with E-state index >= 15 is 0 Å². The minimum atomic E-state index is -0.416. The maximum Gasteiger partial charge on any atom is 0.0916 e. The molecule has 0 bridgehead atoms. The summed E-state index contributed by atoms with van der Waals surface area (Å²) in [7, 11) is 0. The third-order valence-electron chi connectivity index (χ3n) is 6.19. The standard InChI is InChI=1S/C25H26N2O/c28-24(19-8-2-1-3-9-19)18-26-14-16-27(17-15-26)25-22-12-6-4-10-20(22)21-11-5-7-13-23(21)25/h1-13,24-25,28H,14-18H2. The quantitative estimate of drug-likeness (QED) is 0.749. The maximum absolute atomic E-state index is 10.6. The van der Waals surface area contributed by atoms with Gasteiger partial charge in [-0.2, -0.15) is 0 Å². The third kappa shape index (κ3) is 3.16. The highest BCUT2D eigenvalue weighted by Crippen LogP contribution is 2.46. The lowest BCUT2D eigenvalue weighted by Gasteiger charge is -2.39. The molecule has 1 unspecified atom stereocenters. The molecule has 5 rings (SSSR count). The molecule has 0 spiro atoms. The van der Waals surface area contributed by atoms with Gasteiger partial charge < -0.3 is 5.11 Å². The van der Waals surface area contributed by atoms with E-state index in [0.717, 1.165) is 31.7 Å². The zero-order valence-corrected chi connectivity index (χ0v) is 16.0. The van der Waals surface area contributed by atoms with E-state index in [0.29, 0.717) is 12.6 Å². The number of rotatable bonds is 4. The van der Waals surface area contributed by atoms with E-state index in [1.807, 2.05) is 30.3 Å². The van der Waals surface area contributed by atoms with Gasteiger partial charge in [0, 0.05) is 32.7 Å². The van der Waals surface area contributed by atoms with Crippen LogP contribution in [0.15, 0.2) is 78.9 Å². The molecule has 1 saturated heterocycles. The Hall–Kier alpha value is -2.46. The SMILES string of the molecule is OC(CN1CCN(C2c3ccccc3-c3ccccc32)CC1)c1ccccc1. The van der Waals surface area contributed by atoms with Crippen LogP contribution in [0.5, 0.6) is 0 Å². The van der Waals surface area contributed by atoms with Crippen LogP contribution in [0.3, 0.4) is 0 Å². The van der Waals surface area contributed by atoms with Crippen molar-refractivity contribution in [2.45, 2.75) is 12.1 Å². The Labute approximate surface area is 166 Å². The predicted octanol–water partition coefficient (Wildman–Crippen LogP) is 4.11. The Balaban J connectivity index is 1.30. The zero-order chi connectivity index (χ0) is 18.9. The summed E-state index contributed by atoms with van der Waals surface area (Å²) in [4.78, 5) is 5.00. The molecular weight excluding hydrogens is 344 g/mol. The first-order valence-corrected chi connectivity index (χ1v) is 10.2. The number of benzene rings is 3. The Bertz CT molecular complexity index is 902. The molecule has 1 aliphatic heterocycles. The van der Waals surface area contributed by atoms with Gasteiger partial charge in [0.1, 0.15) is 0 Å². The van der Waals surface area contributed by atoms with Crippen molar-refractivity contribution in [1.82, 2.24) is 9.80 Å². The van der Waals surface area contributed by atoms with E-state index in [9.17, 15) is 5.11 Å². The zero-order valence-electron chi connectivity index (χ0n) is 16.0. The van der Waals surface area contributed by atoms with E-state index < -0.39 is 6.10 Å². The number of β-amino-alcohol motifs (C(OH)–C–C–N with tert-alkyl or cyclic N) is 1. The normalized spacial score (nSPS) is 18.6. The van der Waals surface area contributed by atoms with Gasteiger partial charge in [-0.3, -0.25) is 9.80 Å². The molecule has 1 aliphatic carbocycles. The molecule has 3 aromatic carbocycles. The summed E-state index contributed by atoms with van der Waals surface area (Å²) in [5.41, 5.74) is 6.63. The van der Waals surface area contributed by atoms with Gasteiger partial charge >= 0.3 is 0 Å². The molecule has 0 radical (unpaired) electrons. The highest BCUT2D eigenvalue weighted by Gasteiger charge is 2.34. The minimum absolute atomic E-state index is 0.355. The fourth-order valence-electron chi connectivity index (χ4n) is 4.75. The van der Waals surface area contributed by atoms with Crippen LogP contribution in [-0.4, -0.2) is 47.6 Å². The molecule has 0 amide bonds. The molecule has 3 heteroatoms. The molecule has 1 heterocycles. The van der Waals surface area contributed by atoms with Crippen molar-refractivity contribution in [3.8, 4) is 11.1 Å². The number of aliphatic hydroxyl groups is 1. The van der Waals surface area contributed by atoms with Crippen molar-refractivity contribution in [3.63, 3.8) is 0 Å². The Morgan fingerprint density at radius 1 is 0.714 bits per heavy atom. The summed E-state index contributed by atoms with van der Waals surface area (Å²) in [6, 6.07) is 28.0. The second-order valence-electron chi connectivity index (χ2n) is 7.84. The summed E-state index contributed by atoms with van der Waals surface area (Å²) < 4.78 is 0. The minimum Gasteiger partial charge on any atom is -0.387 e. The predicted molar refractivity (Wildman–Crippen MR) is 113 cm³/mol. The van der Waals surface area contributed by atoms with Crippen molar-refractivity contribution < 1.29 is 5.11 Å². The van der Waals surface area contributed by atoms with E-state index in [2.05, 4.69) is 58.3 Å². The molecular formula is C25H26N2O. The van der Waals surface area contributed by atoms with Crippen molar-refractivity contribution in [3.05, 3.63) is 95.6 Å². The number of nitrogens with zero attached hydrogens (tertiary/aromatic N) is 2. The number of aliphatic hydroxyl groups excluding tert-OH is 1. The van der Waals surface area contributed by atoms with Crippen molar-refractivity contribution in [2.24, 2.45) is 0 Å². The lowest BCUT2D eigenvalue weighted by Crippen LogP contribution is -2.48. The molecule has 3 aromatic rings. The van der Waals surface area contributed by atoms with Crippen LogP contribution in [0.2, 0.25) is 0 Å². The summed E-state index contributed by atoms with van der Waals surface area (Å²) in [6.45, 7) is 4.73. The lowest BCUT2D eigenvalue weighted by molar-refractivity contribution is 0.0629. The molecule has 2 aliphatic rings. The second kappa shape index (κ2) is 7.51. The highest BCUT2D eigenvalue weighted by atomic mass is 16.3. The number of fused-ring (bicyclic) bond motifs is 3. The smallest absolute Gasteiger partial charge is 0.0916 e. The van der Waals surface area contributed by atoms with E-state index in [4.69, 9.17) is 0 Å². The Kier molecular flexibility index (Phi) is 4.73. The van der Waals surface area contributed by atoms with Crippen molar-refractivity contribution in [2.75, 3.05) is 32.7 Å². The fraction of sp³-hybridized carbons (Fsp3) is 0.280. The largest absolute Gasteiger partial charge is 0.387 e. The molecule has 3 nitrogen and oxygen atoms in total. The van der Waals surface area contributed by atoms with Crippen LogP contribution >= 0.6 is 0 Å². The summed E-state index contributed by atoms with van der Waals surface area (Å²) in [5.74, 6) is 0. The van der Waals surface area contributed by atoms with Gasteiger partial charge in [-0.1, -0.05) is 78.9 Å². The topological polar surface area (TPSA) is 26.7 Å². The lowest BCUT2D eigenvalue weighted by atomic mass is 10.0. The summed E-state index contributed by atoms with van der Waals surface area (Å²) in [5, 5.41) is 10.6. The van der Waals surface area contributed by atoms with E-state index in [1.54, 1.807) is 0 Å². The van der Waals surface area contributed by atoms with Gasteiger partial charge in [-0.05, 0) is 27.8 Å². The fourth-order valence-corrected chi connectivity index (χ4v) is 4.75. The van der Waals surface area contributed by atoms with Crippen LogP contribution in [0.1, 0.15) is 28.8 Å². The van der Waals surface area contributed by atoms with Crippen LogP contribution in [0.25, 0.3) is 11.1 Å². The van der Waals surface area contributed by atoms with Crippen LogP contribution in [0, 0.1) is 0 Å². The van der Waals surface area contributed by atoms with Crippen LogP contribution < -0.4 is 0 Å². The van der Waals surface area contributed by atoms with E-state index in [-0.39, 0.29) is 0 Å². The molecule has 1 fully saturated rings. The molecule has 142 valence electrons. The van der Waals surface area contributed by atoms with Crippen LogP contribution in [0.4, 0.5) is 0 Å². The summed E-state index contributed by atoms with van der Waals surface area (Å²) >= 11 is 0. The van der Waals surface area contributed by atoms with Crippen molar-refractivity contribution in [1.29, 1.82) is 0 Å². The first-order chi connectivity index (χ1) is 13.8. The van der Waals surface area contributed by atoms with Gasteiger partial charge in [0.05, 0.1) is 12.1 Å². The monoisotopic (exact) mass is 370 g/mol. The van der Waals surface area contributed by atoms with Gasteiger partial charge in [0.2, 0.25) is 0 Å². The van der Waals surface area contributed by atoms with Gasteiger partial charge in [-0.25, -0.2) is 0 Å². The van der Waals surface area contributed by atoms with Crippen LogP contribution in [-0.2, 0) is 0 Å². The average molecular weight is 370 g/mol. The molecule has 0 saturated carbocycles. The second-order valence-corrected chi connectivity index (χ2v) is 7.84. The maximum atomic E-state index is 10.6. The molecule has 1 atom stereocenters. The highest BCUT2D eigenvalue weighted by molar-refractivity contribution is 5.78. The first-order valence-electron chi connectivity index (χ1n) is 10.2. The third-order valence-corrected chi connectivity index (χ3v) is 6.19. The number of hydrogen-bond acceptors (Lipinski definition) is 3. The van der Waals surface area contributed by atoms with Gasteiger partial charge in [0.15, 0.2) is 0 Å². The number of piperazine rings is 1. The summed E-state index contributed by atoms with van der Waals surface area (Å²) in [6.07, 6.45) is -0.416. The van der Waals surface area contributed by atoms with Crippen molar-refractivity contribution >= 4 is 0 Å². The number of hydrogen-bond donors (Lipinski definition) is 1. The average Bonchev–Trinajstić information content (AvgIpc) is 3.09. The molecule has 28 heavy (non-hydrogen) atoms. The Morgan fingerprint density at radius 2 is 1.25 bits per heavy atom. The van der Waals surface area contributed by atoms with Gasteiger partial charge in [-0.15, -0.1) is 0 Å². The molecule has 0 aromatic heterocycles. The molecule has 1 N–H and O–H groups in total.